The normalized spacial score (nSPS) is 12.9. The van der Waals surface area contributed by atoms with Gasteiger partial charge in [0.25, 0.3) is 0 Å². The van der Waals surface area contributed by atoms with E-state index in [1.54, 1.807) is 11.8 Å². The average molecular weight is 246 g/mol. The summed E-state index contributed by atoms with van der Waals surface area (Å²) in [5, 5.41) is 3.32. The summed E-state index contributed by atoms with van der Waals surface area (Å²) in [4.78, 5) is 13.7. The van der Waals surface area contributed by atoms with Gasteiger partial charge in [0.05, 0.1) is 0 Å². The fourth-order valence-electron chi connectivity index (χ4n) is 1.41. The maximum atomic E-state index is 11.8. The number of nitrogens with one attached hydrogen (secondary N) is 1. The number of thioether (sulfide) groups is 1. The van der Waals surface area contributed by atoms with E-state index in [4.69, 9.17) is 0 Å². The monoisotopic (exact) mass is 246 g/mol. The van der Waals surface area contributed by atoms with Gasteiger partial charge >= 0.3 is 0 Å². The minimum absolute atomic E-state index is 0.257. The van der Waals surface area contributed by atoms with E-state index >= 15 is 0 Å². The van der Waals surface area contributed by atoms with Crippen molar-refractivity contribution in [1.29, 1.82) is 0 Å². The first kappa shape index (κ1) is 15.8. The zero-order chi connectivity index (χ0) is 12.6. The molecule has 0 aromatic rings. The highest BCUT2D eigenvalue weighted by Gasteiger charge is 2.14. The van der Waals surface area contributed by atoms with Crippen LogP contribution in [0.3, 0.4) is 0 Å². The molecule has 4 heteroatoms. The lowest BCUT2D eigenvalue weighted by Gasteiger charge is -2.24. The highest BCUT2D eigenvalue weighted by Crippen LogP contribution is 2.06. The summed E-state index contributed by atoms with van der Waals surface area (Å²) in [6.07, 6.45) is 3.64. The van der Waals surface area contributed by atoms with Crippen molar-refractivity contribution >= 4 is 17.7 Å². The standard InChI is InChI=1S/C12H26N2OS/c1-10(2)13-8-6-7-12(15)14(4)11(3)9-16-5/h10-11,13H,6-9H2,1-5H3. The summed E-state index contributed by atoms with van der Waals surface area (Å²) in [5.74, 6) is 1.26. The minimum atomic E-state index is 0.257. The zero-order valence-corrected chi connectivity index (χ0v) is 12.1. The van der Waals surface area contributed by atoms with Gasteiger partial charge in [-0.1, -0.05) is 13.8 Å². The van der Waals surface area contributed by atoms with Gasteiger partial charge in [-0.25, -0.2) is 0 Å². The van der Waals surface area contributed by atoms with Crippen LogP contribution < -0.4 is 5.32 Å². The fourth-order valence-corrected chi connectivity index (χ4v) is 2.11. The van der Waals surface area contributed by atoms with Crippen molar-refractivity contribution in [3.8, 4) is 0 Å². The highest BCUT2D eigenvalue weighted by molar-refractivity contribution is 7.98. The summed E-state index contributed by atoms with van der Waals surface area (Å²) in [7, 11) is 1.90. The molecule has 1 amide bonds. The molecule has 0 bridgehead atoms. The van der Waals surface area contributed by atoms with Crippen molar-refractivity contribution in [3.63, 3.8) is 0 Å². The number of carbonyl (C=O) groups excluding carboxylic acids is 1. The molecule has 1 atom stereocenters. The predicted molar refractivity (Wildman–Crippen MR) is 73.0 cm³/mol. The van der Waals surface area contributed by atoms with Crippen molar-refractivity contribution in [2.45, 2.75) is 45.7 Å². The van der Waals surface area contributed by atoms with Crippen LogP contribution in [-0.4, -0.2) is 48.5 Å². The molecule has 0 saturated carbocycles. The molecule has 0 aliphatic rings. The second kappa shape index (κ2) is 8.88. The van der Waals surface area contributed by atoms with Gasteiger partial charge in [0.15, 0.2) is 0 Å². The molecule has 0 rings (SSSR count). The zero-order valence-electron chi connectivity index (χ0n) is 11.2. The lowest BCUT2D eigenvalue weighted by Crippen LogP contribution is -2.37. The van der Waals surface area contributed by atoms with Gasteiger partial charge < -0.3 is 10.2 Å². The van der Waals surface area contributed by atoms with Crippen molar-refractivity contribution < 1.29 is 4.79 Å². The Labute approximate surface area is 104 Å². The van der Waals surface area contributed by atoms with Crippen molar-refractivity contribution in [3.05, 3.63) is 0 Å². The molecule has 0 spiro atoms. The van der Waals surface area contributed by atoms with Crippen LogP contribution in [0.5, 0.6) is 0 Å². The van der Waals surface area contributed by atoms with Gasteiger partial charge in [-0.2, -0.15) is 11.8 Å². The Kier molecular flexibility index (Phi) is 8.76. The van der Waals surface area contributed by atoms with E-state index in [9.17, 15) is 4.79 Å². The van der Waals surface area contributed by atoms with Crippen LogP contribution in [0.2, 0.25) is 0 Å². The molecule has 0 fully saturated rings. The first-order valence-corrected chi connectivity index (χ1v) is 7.36. The maximum absolute atomic E-state index is 11.8. The van der Waals surface area contributed by atoms with E-state index in [2.05, 4.69) is 32.3 Å². The first-order valence-electron chi connectivity index (χ1n) is 5.97. The summed E-state index contributed by atoms with van der Waals surface area (Å²) in [6, 6.07) is 0.837. The van der Waals surface area contributed by atoms with Crippen LogP contribution >= 0.6 is 11.8 Å². The maximum Gasteiger partial charge on any atom is 0.222 e. The molecule has 0 saturated heterocycles. The number of carbonyl (C=O) groups is 1. The van der Waals surface area contributed by atoms with E-state index < -0.39 is 0 Å². The largest absolute Gasteiger partial charge is 0.342 e. The average Bonchev–Trinajstić information content (AvgIpc) is 2.23. The molecular formula is C12H26N2OS. The van der Waals surface area contributed by atoms with Crippen LogP contribution in [0, 0.1) is 0 Å². The Hall–Kier alpha value is -0.220. The number of nitrogens with zero attached hydrogens (tertiary/aromatic N) is 1. The Bertz CT molecular complexity index is 197. The fraction of sp³-hybridized carbons (Fsp3) is 0.917. The molecule has 0 radical (unpaired) electrons. The molecule has 16 heavy (non-hydrogen) atoms. The van der Waals surface area contributed by atoms with Crippen molar-refractivity contribution in [2.75, 3.05) is 25.6 Å². The molecule has 0 heterocycles. The SMILES string of the molecule is CSCC(C)N(C)C(=O)CCCNC(C)C. The van der Waals surface area contributed by atoms with Crippen LogP contribution in [0.1, 0.15) is 33.6 Å². The van der Waals surface area contributed by atoms with E-state index in [0.29, 0.717) is 18.5 Å². The van der Waals surface area contributed by atoms with Gasteiger partial charge in [0, 0.05) is 31.3 Å². The summed E-state index contributed by atoms with van der Waals surface area (Å²) in [6.45, 7) is 7.26. The third-order valence-corrected chi connectivity index (χ3v) is 3.40. The van der Waals surface area contributed by atoms with Gasteiger partial charge in [-0.05, 0) is 26.1 Å². The van der Waals surface area contributed by atoms with E-state index in [0.717, 1.165) is 18.7 Å². The lowest BCUT2D eigenvalue weighted by molar-refractivity contribution is -0.131. The van der Waals surface area contributed by atoms with Gasteiger partial charge in [-0.15, -0.1) is 0 Å². The topological polar surface area (TPSA) is 32.3 Å². The third-order valence-electron chi connectivity index (χ3n) is 2.58. The molecule has 1 N–H and O–H groups in total. The van der Waals surface area contributed by atoms with Crippen LogP contribution in [0.4, 0.5) is 0 Å². The second-order valence-corrected chi connectivity index (χ2v) is 5.43. The minimum Gasteiger partial charge on any atom is -0.342 e. The molecule has 0 aromatic heterocycles. The van der Waals surface area contributed by atoms with E-state index in [-0.39, 0.29) is 5.91 Å². The predicted octanol–water partition coefficient (Wildman–Crippen LogP) is 1.97. The van der Waals surface area contributed by atoms with Gasteiger partial charge in [0.1, 0.15) is 0 Å². The molecule has 96 valence electrons. The quantitative estimate of drug-likeness (QED) is 0.665. The molecule has 3 nitrogen and oxygen atoms in total. The Morgan fingerprint density at radius 3 is 2.50 bits per heavy atom. The Morgan fingerprint density at radius 2 is 2.00 bits per heavy atom. The molecular weight excluding hydrogens is 220 g/mol. The second-order valence-electron chi connectivity index (χ2n) is 4.52. The van der Waals surface area contributed by atoms with E-state index in [1.807, 2.05) is 11.9 Å². The number of hydrogen-bond donors (Lipinski definition) is 1. The van der Waals surface area contributed by atoms with Crippen molar-refractivity contribution in [2.24, 2.45) is 0 Å². The summed E-state index contributed by atoms with van der Waals surface area (Å²) >= 11 is 1.78. The van der Waals surface area contributed by atoms with Crippen LogP contribution in [0.15, 0.2) is 0 Å². The van der Waals surface area contributed by atoms with Gasteiger partial charge in [-0.3, -0.25) is 4.79 Å². The highest BCUT2D eigenvalue weighted by atomic mass is 32.2. The molecule has 1 unspecified atom stereocenters. The van der Waals surface area contributed by atoms with Crippen LogP contribution in [-0.2, 0) is 4.79 Å². The Morgan fingerprint density at radius 1 is 1.38 bits per heavy atom. The summed E-state index contributed by atoms with van der Waals surface area (Å²) in [5.41, 5.74) is 0. The first-order chi connectivity index (χ1) is 7.49. The molecule has 0 aliphatic heterocycles. The lowest BCUT2D eigenvalue weighted by atomic mass is 10.2. The van der Waals surface area contributed by atoms with Crippen molar-refractivity contribution in [1.82, 2.24) is 10.2 Å². The van der Waals surface area contributed by atoms with Crippen LogP contribution in [0.25, 0.3) is 0 Å². The van der Waals surface area contributed by atoms with E-state index in [1.165, 1.54) is 0 Å². The third kappa shape index (κ3) is 7.12. The summed E-state index contributed by atoms with van der Waals surface area (Å²) < 4.78 is 0. The molecule has 0 aromatic carbocycles. The number of rotatable bonds is 8. The smallest absolute Gasteiger partial charge is 0.222 e. The van der Waals surface area contributed by atoms with Gasteiger partial charge in [0.2, 0.25) is 5.91 Å². The molecule has 0 aliphatic carbocycles. The number of amides is 1. The number of hydrogen-bond acceptors (Lipinski definition) is 3. The Balaban J connectivity index is 3.70.